The van der Waals surface area contributed by atoms with E-state index >= 15 is 0 Å². The topological polar surface area (TPSA) is 0 Å². The molecule has 0 bridgehead atoms. The summed E-state index contributed by atoms with van der Waals surface area (Å²) in [6.07, 6.45) is 7.84. The first-order chi connectivity index (χ1) is 4.68. The van der Waals surface area contributed by atoms with Crippen molar-refractivity contribution in [3.05, 3.63) is 36.5 Å². The van der Waals surface area contributed by atoms with Gasteiger partial charge in [0.25, 0.3) is 0 Å². The third kappa shape index (κ3) is 4.13. The summed E-state index contributed by atoms with van der Waals surface area (Å²) in [5.74, 6) is 0. The van der Waals surface area contributed by atoms with E-state index in [9.17, 15) is 0 Å². The van der Waals surface area contributed by atoms with Gasteiger partial charge in [-0.3, -0.25) is 0 Å². The first-order valence-electron chi connectivity index (χ1n) is 3.32. The maximum atomic E-state index is 3.81. The fraction of sp³-hybridized carbons (Fsp3) is 0.125. The second-order valence-corrected chi connectivity index (χ2v) is 2.19. The van der Waals surface area contributed by atoms with Gasteiger partial charge in [-0.2, -0.15) is 0 Å². The van der Waals surface area contributed by atoms with Crippen molar-refractivity contribution in [1.82, 2.24) is 0 Å². The standard InChI is InChI=1S/C8H12B2/c1-3-4-5-6-7(2)8(9)10/h3-6,9H,2,10H2,1H3/b4-3-,6-5-. The summed E-state index contributed by atoms with van der Waals surface area (Å²) >= 11 is 0. The van der Waals surface area contributed by atoms with Crippen LogP contribution >= 0.6 is 0 Å². The van der Waals surface area contributed by atoms with Crippen molar-refractivity contribution in [2.24, 2.45) is 0 Å². The van der Waals surface area contributed by atoms with Crippen LogP contribution < -0.4 is 0 Å². The fourth-order valence-corrected chi connectivity index (χ4v) is 0.425. The van der Waals surface area contributed by atoms with Crippen LogP contribution in [-0.4, -0.2) is 20.7 Å². The number of hydrogen-bond acceptors (Lipinski definition) is 0. The predicted molar refractivity (Wildman–Crippen MR) is 53.8 cm³/mol. The molecule has 0 aliphatic rings. The zero-order valence-corrected chi connectivity index (χ0v) is 6.72. The summed E-state index contributed by atoms with van der Waals surface area (Å²) in [4.78, 5) is 0. The molecule has 0 nitrogen and oxygen atoms in total. The molecule has 0 unspecified atom stereocenters. The zero-order valence-electron chi connectivity index (χ0n) is 6.72. The van der Waals surface area contributed by atoms with Gasteiger partial charge >= 0.3 is 64.1 Å². The molecule has 0 spiro atoms. The molecule has 10 heavy (non-hydrogen) atoms. The van der Waals surface area contributed by atoms with Crippen molar-refractivity contribution in [3.63, 3.8) is 0 Å². The Morgan fingerprint density at radius 1 is 1.50 bits per heavy atom. The van der Waals surface area contributed by atoms with E-state index in [1.807, 2.05) is 39.1 Å². The first kappa shape index (κ1) is 9.22. The van der Waals surface area contributed by atoms with E-state index in [1.54, 1.807) is 0 Å². The Balaban J connectivity index is 3.90. The van der Waals surface area contributed by atoms with Gasteiger partial charge < -0.3 is 0 Å². The van der Waals surface area contributed by atoms with Crippen LogP contribution in [0.1, 0.15) is 6.92 Å². The van der Waals surface area contributed by atoms with Crippen LogP contribution in [0.4, 0.5) is 0 Å². The monoisotopic (exact) mass is 130 g/mol. The van der Waals surface area contributed by atoms with Crippen LogP contribution in [0.5, 0.6) is 0 Å². The number of rotatable bonds is 3. The van der Waals surface area contributed by atoms with Gasteiger partial charge in [-0.1, -0.05) is 0 Å². The molecule has 0 radical (unpaired) electrons. The molecule has 0 aromatic heterocycles. The normalized spacial score (nSPS) is 10.8. The summed E-state index contributed by atoms with van der Waals surface area (Å²) in [6.45, 7) is 5.79. The average Bonchev–Trinajstić information content (AvgIpc) is 1.88. The molecule has 0 aliphatic heterocycles. The molecule has 0 aromatic carbocycles. The quantitative estimate of drug-likeness (QED) is 0.381. The summed E-state index contributed by atoms with van der Waals surface area (Å²) in [6, 6.07) is 0. The van der Waals surface area contributed by atoms with Gasteiger partial charge in [-0.15, -0.1) is 0 Å². The molecule has 0 rings (SSSR count). The molecule has 0 atom stereocenters. The Morgan fingerprint density at radius 3 is 2.50 bits per heavy atom. The summed E-state index contributed by atoms with van der Waals surface area (Å²) in [5.41, 5.74) is 0.984. The third-order valence-electron chi connectivity index (χ3n) is 1.15. The van der Waals surface area contributed by atoms with E-state index in [0.717, 1.165) is 10.9 Å². The molecule has 0 amide bonds. The molecule has 0 fully saturated rings. The van der Waals surface area contributed by atoms with E-state index in [2.05, 4.69) is 14.1 Å². The van der Waals surface area contributed by atoms with Crippen LogP contribution in [0.3, 0.4) is 0 Å². The molecule has 2 heteroatoms. The van der Waals surface area contributed by atoms with Gasteiger partial charge in [0.1, 0.15) is 0 Å². The molecule has 0 heterocycles. The molecular weight excluding hydrogens is 118 g/mol. The van der Waals surface area contributed by atoms with Crippen LogP contribution in [-0.2, 0) is 0 Å². The van der Waals surface area contributed by atoms with Gasteiger partial charge in [0, 0.05) is 0 Å². The first-order valence-corrected chi connectivity index (χ1v) is 3.32. The van der Waals surface area contributed by atoms with E-state index < -0.39 is 0 Å². The van der Waals surface area contributed by atoms with E-state index in [1.165, 1.54) is 0 Å². The molecule has 0 N–H and O–H groups in total. The Hall–Kier alpha value is -0.780. The maximum absolute atomic E-state index is 3.81. The minimum absolute atomic E-state index is 0.984. The molecule has 0 aromatic rings. The fourth-order valence-electron chi connectivity index (χ4n) is 0.425. The van der Waals surface area contributed by atoms with Crippen LogP contribution in [0.25, 0.3) is 0 Å². The Bertz CT molecular complexity index is 187. The van der Waals surface area contributed by atoms with Crippen molar-refractivity contribution in [2.75, 3.05) is 0 Å². The van der Waals surface area contributed by atoms with Crippen LogP contribution in [0.2, 0.25) is 0 Å². The van der Waals surface area contributed by atoms with Crippen molar-refractivity contribution in [3.8, 4) is 0 Å². The molecule has 0 aliphatic carbocycles. The Morgan fingerprint density at radius 2 is 2.10 bits per heavy atom. The van der Waals surface area contributed by atoms with Crippen LogP contribution in [0.15, 0.2) is 36.5 Å². The van der Waals surface area contributed by atoms with Crippen molar-refractivity contribution in [2.45, 2.75) is 6.92 Å². The van der Waals surface area contributed by atoms with Crippen molar-refractivity contribution in [1.29, 1.82) is 0 Å². The second-order valence-electron chi connectivity index (χ2n) is 2.19. The van der Waals surface area contributed by atoms with Crippen LogP contribution in [0, 0.1) is 0 Å². The van der Waals surface area contributed by atoms with E-state index in [-0.39, 0.29) is 0 Å². The van der Waals surface area contributed by atoms with Crippen molar-refractivity contribution < 1.29 is 0 Å². The molecule has 0 saturated heterocycles. The zero-order chi connectivity index (χ0) is 7.98. The predicted octanol–water partition coefficient (Wildman–Crippen LogP) is 0.339. The average molecular weight is 130 g/mol. The summed E-state index contributed by atoms with van der Waals surface area (Å²) in [7, 11) is 5.71. The van der Waals surface area contributed by atoms with Gasteiger partial charge in [-0.05, 0) is 0 Å². The number of allylic oxidation sites excluding steroid dienone is 5. The Labute approximate surface area is 64.8 Å². The molecule has 50 valence electrons. The Kier molecular flexibility index (Phi) is 4.65. The number of hydrogen-bond donors (Lipinski definition) is 0. The summed E-state index contributed by atoms with van der Waals surface area (Å²) in [5, 5.41) is 1.01. The summed E-state index contributed by atoms with van der Waals surface area (Å²) < 4.78 is 0. The van der Waals surface area contributed by atoms with Gasteiger partial charge in [0.2, 0.25) is 0 Å². The van der Waals surface area contributed by atoms with E-state index in [0.29, 0.717) is 0 Å². The van der Waals surface area contributed by atoms with Gasteiger partial charge in [-0.25, -0.2) is 0 Å². The third-order valence-corrected chi connectivity index (χ3v) is 1.15. The second kappa shape index (κ2) is 5.04. The SMILES string of the molecule is B=C(B)C(=C)/C=C\C=C/C. The molecule has 0 saturated carbocycles. The van der Waals surface area contributed by atoms with E-state index in [4.69, 9.17) is 0 Å². The molecular formula is C8H12B2. The minimum atomic E-state index is 0.984. The van der Waals surface area contributed by atoms with Gasteiger partial charge in [0.15, 0.2) is 0 Å². The van der Waals surface area contributed by atoms with Crippen molar-refractivity contribution >= 4 is 20.7 Å². The van der Waals surface area contributed by atoms with Gasteiger partial charge in [0.05, 0.1) is 0 Å².